The Balaban J connectivity index is 1.80. The van der Waals surface area contributed by atoms with Gasteiger partial charge < -0.3 is 5.32 Å². The normalized spacial score (nSPS) is 10.3. The van der Waals surface area contributed by atoms with E-state index in [-0.39, 0.29) is 5.91 Å². The molecule has 0 unspecified atom stereocenters. The number of rotatable bonds is 3. The van der Waals surface area contributed by atoms with Gasteiger partial charge >= 0.3 is 0 Å². The maximum Gasteiger partial charge on any atom is 0.255 e. The Labute approximate surface area is 134 Å². The molecule has 21 heavy (non-hydrogen) atoms. The molecular formula is C14H10IN5O. The van der Waals surface area contributed by atoms with Crippen molar-refractivity contribution in [1.82, 2.24) is 20.2 Å². The van der Waals surface area contributed by atoms with Crippen LogP contribution in [0, 0.1) is 3.57 Å². The molecule has 0 aliphatic carbocycles. The van der Waals surface area contributed by atoms with Crippen molar-refractivity contribution in [2.45, 2.75) is 0 Å². The summed E-state index contributed by atoms with van der Waals surface area (Å²) < 4.78 is 2.62. The zero-order valence-corrected chi connectivity index (χ0v) is 12.9. The molecule has 0 aliphatic heterocycles. The largest absolute Gasteiger partial charge is 0.322 e. The van der Waals surface area contributed by atoms with Crippen LogP contribution < -0.4 is 5.32 Å². The topological polar surface area (TPSA) is 72.7 Å². The Morgan fingerprint density at radius 2 is 1.95 bits per heavy atom. The molecule has 0 aliphatic rings. The van der Waals surface area contributed by atoms with Crippen LogP contribution in [-0.4, -0.2) is 26.1 Å². The van der Waals surface area contributed by atoms with Gasteiger partial charge in [-0.25, -0.2) is 4.68 Å². The minimum atomic E-state index is -0.153. The molecule has 0 saturated heterocycles. The van der Waals surface area contributed by atoms with Crippen LogP contribution in [0.2, 0.25) is 0 Å². The number of nitrogens with one attached hydrogen (secondary N) is 1. The number of benzene rings is 2. The molecule has 1 aromatic heterocycles. The summed E-state index contributed by atoms with van der Waals surface area (Å²) in [6.45, 7) is 0. The number of tetrazole rings is 1. The summed E-state index contributed by atoms with van der Waals surface area (Å²) in [5, 5.41) is 13.9. The molecule has 1 N–H and O–H groups in total. The molecule has 0 atom stereocenters. The highest BCUT2D eigenvalue weighted by molar-refractivity contribution is 14.1. The van der Waals surface area contributed by atoms with Crippen molar-refractivity contribution >= 4 is 34.2 Å². The van der Waals surface area contributed by atoms with Crippen molar-refractivity contribution in [2.75, 3.05) is 5.32 Å². The molecule has 3 aromatic rings. The summed E-state index contributed by atoms with van der Waals surface area (Å²) in [4.78, 5) is 12.2. The zero-order chi connectivity index (χ0) is 14.7. The third kappa shape index (κ3) is 3.24. The van der Waals surface area contributed by atoms with Gasteiger partial charge in [-0.15, -0.1) is 5.10 Å². The summed E-state index contributed by atoms with van der Waals surface area (Å²) in [6.07, 6.45) is 1.50. The SMILES string of the molecule is O=C(Nc1cccc(-n2cnnn2)c1)c1ccc(I)cc1. The highest BCUT2D eigenvalue weighted by Crippen LogP contribution is 2.15. The van der Waals surface area contributed by atoms with Crippen LogP contribution in [0.5, 0.6) is 0 Å². The number of hydrogen-bond acceptors (Lipinski definition) is 4. The van der Waals surface area contributed by atoms with Gasteiger partial charge in [0, 0.05) is 14.8 Å². The Hall–Kier alpha value is -2.29. The Morgan fingerprint density at radius 3 is 2.67 bits per heavy atom. The molecule has 0 saturated carbocycles. The van der Waals surface area contributed by atoms with Gasteiger partial charge in [0.2, 0.25) is 0 Å². The second kappa shape index (κ2) is 6.00. The monoisotopic (exact) mass is 391 g/mol. The summed E-state index contributed by atoms with van der Waals surface area (Å²) in [5.74, 6) is -0.153. The smallest absolute Gasteiger partial charge is 0.255 e. The molecule has 7 heteroatoms. The first-order valence-electron chi connectivity index (χ1n) is 6.13. The molecule has 0 bridgehead atoms. The summed E-state index contributed by atoms with van der Waals surface area (Å²) >= 11 is 2.20. The van der Waals surface area contributed by atoms with Crippen molar-refractivity contribution in [1.29, 1.82) is 0 Å². The minimum Gasteiger partial charge on any atom is -0.322 e. The summed E-state index contributed by atoms with van der Waals surface area (Å²) in [6, 6.07) is 14.7. The van der Waals surface area contributed by atoms with Crippen molar-refractivity contribution in [2.24, 2.45) is 0 Å². The Kier molecular flexibility index (Phi) is 3.91. The van der Waals surface area contributed by atoms with E-state index in [0.29, 0.717) is 11.3 Å². The van der Waals surface area contributed by atoms with E-state index in [9.17, 15) is 4.79 Å². The standard InChI is InChI=1S/C14H10IN5O/c15-11-6-4-10(5-7-11)14(21)17-12-2-1-3-13(8-12)20-9-16-18-19-20/h1-9H,(H,17,21). The van der Waals surface area contributed by atoms with Gasteiger partial charge in [-0.1, -0.05) is 6.07 Å². The first-order chi connectivity index (χ1) is 10.2. The molecule has 1 amide bonds. The van der Waals surface area contributed by atoms with E-state index in [4.69, 9.17) is 0 Å². The maximum atomic E-state index is 12.2. The lowest BCUT2D eigenvalue weighted by Gasteiger charge is -2.07. The molecule has 6 nitrogen and oxygen atoms in total. The predicted octanol–water partition coefficient (Wildman–Crippen LogP) is 2.52. The van der Waals surface area contributed by atoms with Crippen LogP contribution in [0.1, 0.15) is 10.4 Å². The van der Waals surface area contributed by atoms with Crippen molar-refractivity contribution in [3.05, 3.63) is 64.0 Å². The molecule has 0 radical (unpaired) electrons. The maximum absolute atomic E-state index is 12.2. The van der Waals surface area contributed by atoms with Gasteiger partial charge in [0.25, 0.3) is 5.91 Å². The van der Waals surface area contributed by atoms with E-state index in [1.165, 1.54) is 11.0 Å². The fraction of sp³-hybridized carbons (Fsp3) is 0. The molecule has 3 rings (SSSR count). The number of carbonyl (C=O) groups excluding carboxylic acids is 1. The number of aromatic nitrogens is 4. The van der Waals surface area contributed by atoms with Crippen molar-refractivity contribution in [3.63, 3.8) is 0 Å². The molecule has 0 fully saturated rings. The number of halogens is 1. The predicted molar refractivity (Wildman–Crippen MR) is 86.3 cm³/mol. The first kappa shape index (κ1) is 13.7. The Bertz CT molecular complexity index is 755. The zero-order valence-electron chi connectivity index (χ0n) is 10.8. The highest BCUT2D eigenvalue weighted by atomic mass is 127. The number of amides is 1. The van der Waals surface area contributed by atoms with E-state index >= 15 is 0 Å². The molecule has 0 spiro atoms. The van der Waals surface area contributed by atoms with Crippen molar-refractivity contribution in [3.8, 4) is 5.69 Å². The highest BCUT2D eigenvalue weighted by Gasteiger charge is 2.07. The van der Waals surface area contributed by atoms with E-state index in [1.54, 1.807) is 18.2 Å². The molecular weight excluding hydrogens is 381 g/mol. The second-order valence-electron chi connectivity index (χ2n) is 4.27. The fourth-order valence-corrected chi connectivity index (χ4v) is 2.17. The van der Waals surface area contributed by atoms with Crippen LogP contribution in [0.4, 0.5) is 5.69 Å². The first-order valence-corrected chi connectivity index (χ1v) is 7.20. The number of hydrogen-bond donors (Lipinski definition) is 1. The number of anilines is 1. The van der Waals surface area contributed by atoms with E-state index in [0.717, 1.165) is 9.26 Å². The molecule has 1 heterocycles. The lowest BCUT2D eigenvalue weighted by molar-refractivity contribution is 0.102. The van der Waals surface area contributed by atoms with E-state index in [2.05, 4.69) is 43.4 Å². The van der Waals surface area contributed by atoms with Gasteiger partial charge in [-0.3, -0.25) is 4.79 Å². The quantitative estimate of drug-likeness (QED) is 0.697. The third-order valence-electron chi connectivity index (χ3n) is 2.82. The van der Waals surface area contributed by atoms with Crippen LogP contribution in [-0.2, 0) is 0 Å². The van der Waals surface area contributed by atoms with Gasteiger partial charge in [-0.05, 0) is 75.5 Å². The van der Waals surface area contributed by atoms with Gasteiger partial charge in [0.05, 0.1) is 5.69 Å². The average molecular weight is 391 g/mol. The van der Waals surface area contributed by atoms with Crippen LogP contribution in [0.25, 0.3) is 5.69 Å². The van der Waals surface area contributed by atoms with Gasteiger partial charge in [0.15, 0.2) is 0 Å². The Morgan fingerprint density at radius 1 is 1.14 bits per heavy atom. The lowest BCUT2D eigenvalue weighted by atomic mass is 10.2. The lowest BCUT2D eigenvalue weighted by Crippen LogP contribution is -2.12. The summed E-state index contributed by atoms with van der Waals surface area (Å²) in [7, 11) is 0. The van der Waals surface area contributed by atoms with Crippen LogP contribution in [0.15, 0.2) is 54.9 Å². The van der Waals surface area contributed by atoms with E-state index < -0.39 is 0 Å². The molecule has 2 aromatic carbocycles. The number of nitrogens with zero attached hydrogens (tertiary/aromatic N) is 4. The van der Waals surface area contributed by atoms with Crippen molar-refractivity contribution < 1.29 is 4.79 Å². The van der Waals surface area contributed by atoms with E-state index in [1.807, 2.05) is 30.3 Å². The summed E-state index contributed by atoms with van der Waals surface area (Å²) in [5.41, 5.74) is 2.08. The number of carbonyl (C=O) groups is 1. The molecule has 104 valence electrons. The average Bonchev–Trinajstić information content (AvgIpc) is 3.02. The van der Waals surface area contributed by atoms with Crippen LogP contribution >= 0.6 is 22.6 Å². The third-order valence-corrected chi connectivity index (χ3v) is 3.54. The van der Waals surface area contributed by atoms with Gasteiger partial charge in [0.1, 0.15) is 6.33 Å². The minimum absolute atomic E-state index is 0.153. The fourth-order valence-electron chi connectivity index (χ4n) is 1.81. The van der Waals surface area contributed by atoms with Crippen LogP contribution in [0.3, 0.4) is 0 Å². The second-order valence-corrected chi connectivity index (χ2v) is 5.51. The van der Waals surface area contributed by atoms with Gasteiger partial charge in [-0.2, -0.15) is 0 Å².